The van der Waals surface area contributed by atoms with Crippen molar-refractivity contribution >= 4 is 15.7 Å². The second-order valence-corrected chi connectivity index (χ2v) is 7.37. The highest BCUT2D eigenvalue weighted by atomic mass is 32.2. The number of anilines is 1. The van der Waals surface area contributed by atoms with Crippen molar-refractivity contribution in [2.75, 3.05) is 23.2 Å². The molecule has 1 heterocycles. The van der Waals surface area contributed by atoms with E-state index in [0.29, 0.717) is 13.0 Å². The van der Waals surface area contributed by atoms with Crippen LogP contribution in [0.1, 0.15) is 19.4 Å². The monoisotopic (exact) mass is 298 g/mol. The Balaban J connectivity index is 2.19. The number of nitrogens with zero attached hydrogens (tertiary/aromatic N) is 1. The standard InChI is InChI=1S/C14H22N2O3S/c1-11(2)19-7-8-20(17,18)16-10-13(15)9-12-5-3-4-6-14(12)16/h3-6,11,13H,7-10,15H2,1-2H3. The number of para-hydroxylation sites is 1. The Kier molecular flexibility index (Phi) is 4.67. The summed E-state index contributed by atoms with van der Waals surface area (Å²) < 4.78 is 31.7. The second-order valence-electron chi connectivity index (χ2n) is 5.36. The molecule has 0 saturated heterocycles. The molecule has 1 atom stereocenters. The Morgan fingerprint density at radius 1 is 1.40 bits per heavy atom. The first-order valence-corrected chi connectivity index (χ1v) is 8.46. The first-order valence-electron chi connectivity index (χ1n) is 6.85. The molecule has 0 amide bonds. The minimum atomic E-state index is -3.40. The maximum absolute atomic E-state index is 12.5. The van der Waals surface area contributed by atoms with E-state index in [0.717, 1.165) is 11.3 Å². The molecule has 20 heavy (non-hydrogen) atoms. The number of ether oxygens (including phenoxy) is 1. The van der Waals surface area contributed by atoms with Gasteiger partial charge in [-0.25, -0.2) is 8.42 Å². The normalized spacial score (nSPS) is 19.2. The van der Waals surface area contributed by atoms with Gasteiger partial charge < -0.3 is 10.5 Å². The van der Waals surface area contributed by atoms with Crippen molar-refractivity contribution in [3.8, 4) is 0 Å². The third kappa shape index (κ3) is 3.50. The summed E-state index contributed by atoms with van der Waals surface area (Å²) in [5.74, 6) is -0.0216. The molecule has 0 bridgehead atoms. The van der Waals surface area contributed by atoms with Gasteiger partial charge in [0.15, 0.2) is 0 Å². The van der Waals surface area contributed by atoms with Gasteiger partial charge in [-0.3, -0.25) is 4.31 Å². The third-order valence-corrected chi connectivity index (χ3v) is 4.97. The van der Waals surface area contributed by atoms with Gasteiger partial charge in [0.1, 0.15) is 0 Å². The number of hydrogen-bond acceptors (Lipinski definition) is 4. The molecule has 2 N–H and O–H groups in total. The van der Waals surface area contributed by atoms with Crippen LogP contribution in [-0.4, -0.2) is 39.5 Å². The first-order chi connectivity index (χ1) is 9.40. The molecule has 1 aromatic carbocycles. The SMILES string of the molecule is CC(C)OCCS(=O)(=O)N1CC(N)Cc2ccccc21. The lowest BCUT2D eigenvalue weighted by Gasteiger charge is -2.33. The molecule has 0 aliphatic carbocycles. The maximum atomic E-state index is 12.5. The van der Waals surface area contributed by atoms with Crippen LogP contribution < -0.4 is 10.0 Å². The molecule has 6 heteroatoms. The Bertz CT molecular complexity index is 557. The van der Waals surface area contributed by atoms with Crippen molar-refractivity contribution < 1.29 is 13.2 Å². The molecule has 1 aliphatic rings. The van der Waals surface area contributed by atoms with Gasteiger partial charge in [0.05, 0.1) is 24.2 Å². The number of hydrogen-bond donors (Lipinski definition) is 1. The summed E-state index contributed by atoms with van der Waals surface area (Å²) in [7, 11) is -3.40. The van der Waals surface area contributed by atoms with Crippen LogP contribution in [0.2, 0.25) is 0 Å². The molecule has 1 unspecified atom stereocenters. The average molecular weight is 298 g/mol. The Morgan fingerprint density at radius 2 is 2.10 bits per heavy atom. The second kappa shape index (κ2) is 6.11. The zero-order chi connectivity index (χ0) is 14.8. The summed E-state index contributed by atoms with van der Waals surface area (Å²) in [4.78, 5) is 0. The van der Waals surface area contributed by atoms with Gasteiger partial charge >= 0.3 is 0 Å². The van der Waals surface area contributed by atoms with Crippen molar-refractivity contribution in [2.24, 2.45) is 5.73 Å². The van der Waals surface area contributed by atoms with Gasteiger partial charge in [-0.15, -0.1) is 0 Å². The van der Waals surface area contributed by atoms with Crippen molar-refractivity contribution in [1.82, 2.24) is 0 Å². The molecule has 0 aromatic heterocycles. The summed E-state index contributed by atoms with van der Waals surface area (Å²) in [5, 5.41) is 0. The van der Waals surface area contributed by atoms with Gasteiger partial charge in [-0.1, -0.05) is 18.2 Å². The van der Waals surface area contributed by atoms with Crippen LogP contribution in [-0.2, 0) is 21.2 Å². The number of fused-ring (bicyclic) bond motifs is 1. The molecule has 112 valence electrons. The number of benzene rings is 1. The fraction of sp³-hybridized carbons (Fsp3) is 0.571. The largest absolute Gasteiger partial charge is 0.378 e. The van der Waals surface area contributed by atoms with E-state index in [1.165, 1.54) is 4.31 Å². The lowest BCUT2D eigenvalue weighted by Crippen LogP contribution is -2.47. The highest BCUT2D eigenvalue weighted by molar-refractivity contribution is 7.92. The minimum Gasteiger partial charge on any atom is -0.378 e. The van der Waals surface area contributed by atoms with Crippen LogP contribution in [0, 0.1) is 0 Å². The summed E-state index contributed by atoms with van der Waals surface area (Å²) in [5.41, 5.74) is 7.71. The van der Waals surface area contributed by atoms with Crippen LogP contribution in [0.5, 0.6) is 0 Å². The molecule has 0 spiro atoms. The van der Waals surface area contributed by atoms with Crippen molar-refractivity contribution in [3.05, 3.63) is 29.8 Å². The van der Waals surface area contributed by atoms with Crippen molar-refractivity contribution in [2.45, 2.75) is 32.4 Å². The smallest absolute Gasteiger partial charge is 0.237 e. The van der Waals surface area contributed by atoms with Crippen LogP contribution in [0.15, 0.2) is 24.3 Å². The first kappa shape index (κ1) is 15.3. The summed E-state index contributed by atoms with van der Waals surface area (Å²) in [6.45, 7) is 4.31. The maximum Gasteiger partial charge on any atom is 0.237 e. The molecule has 0 radical (unpaired) electrons. The topological polar surface area (TPSA) is 72.6 Å². The van der Waals surface area contributed by atoms with Gasteiger partial charge in [0.2, 0.25) is 10.0 Å². The highest BCUT2D eigenvalue weighted by Crippen LogP contribution is 2.28. The van der Waals surface area contributed by atoms with E-state index in [-0.39, 0.29) is 24.5 Å². The van der Waals surface area contributed by atoms with Gasteiger partial charge in [0.25, 0.3) is 0 Å². The third-order valence-electron chi connectivity index (χ3n) is 3.27. The van der Waals surface area contributed by atoms with Crippen LogP contribution in [0.25, 0.3) is 0 Å². The lowest BCUT2D eigenvalue weighted by molar-refractivity contribution is 0.0912. The lowest BCUT2D eigenvalue weighted by atomic mass is 10.0. The van der Waals surface area contributed by atoms with Crippen molar-refractivity contribution in [3.63, 3.8) is 0 Å². The van der Waals surface area contributed by atoms with E-state index in [4.69, 9.17) is 10.5 Å². The predicted octanol–water partition coefficient (Wildman–Crippen LogP) is 1.13. The van der Waals surface area contributed by atoms with Crippen LogP contribution in [0.4, 0.5) is 5.69 Å². The Hall–Kier alpha value is -1.11. The Labute approximate surface area is 120 Å². The number of sulfonamides is 1. The number of nitrogens with two attached hydrogens (primary N) is 1. The zero-order valence-corrected chi connectivity index (χ0v) is 12.8. The fourth-order valence-corrected chi connectivity index (χ4v) is 3.77. The van der Waals surface area contributed by atoms with Crippen molar-refractivity contribution in [1.29, 1.82) is 0 Å². The predicted molar refractivity (Wildman–Crippen MR) is 80.3 cm³/mol. The average Bonchev–Trinajstić information content (AvgIpc) is 2.37. The zero-order valence-electron chi connectivity index (χ0n) is 12.0. The van der Waals surface area contributed by atoms with Gasteiger partial charge in [0, 0.05) is 12.6 Å². The molecule has 2 rings (SSSR count). The van der Waals surface area contributed by atoms with E-state index >= 15 is 0 Å². The summed E-state index contributed by atoms with van der Waals surface area (Å²) >= 11 is 0. The molecule has 0 saturated carbocycles. The van der Waals surface area contributed by atoms with Crippen LogP contribution >= 0.6 is 0 Å². The number of rotatable bonds is 5. The van der Waals surface area contributed by atoms with E-state index in [1.54, 1.807) is 0 Å². The van der Waals surface area contributed by atoms with Gasteiger partial charge in [-0.2, -0.15) is 0 Å². The summed E-state index contributed by atoms with van der Waals surface area (Å²) in [6.07, 6.45) is 0.742. The fourth-order valence-electron chi connectivity index (χ4n) is 2.35. The van der Waals surface area contributed by atoms with E-state index in [1.807, 2.05) is 38.1 Å². The van der Waals surface area contributed by atoms with E-state index in [2.05, 4.69) is 0 Å². The highest BCUT2D eigenvalue weighted by Gasteiger charge is 2.30. The van der Waals surface area contributed by atoms with Crippen LogP contribution in [0.3, 0.4) is 0 Å². The molecule has 5 nitrogen and oxygen atoms in total. The van der Waals surface area contributed by atoms with E-state index < -0.39 is 10.0 Å². The molecule has 0 fully saturated rings. The molecule has 1 aliphatic heterocycles. The molecular weight excluding hydrogens is 276 g/mol. The summed E-state index contributed by atoms with van der Waals surface area (Å²) in [6, 6.07) is 7.36. The molecular formula is C14H22N2O3S. The Morgan fingerprint density at radius 3 is 2.80 bits per heavy atom. The quantitative estimate of drug-likeness (QED) is 0.884. The minimum absolute atomic E-state index is 0.0216. The van der Waals surface area contributed by atoms with E-state index in [9.17, 15) is 8.42 Å². The molecule has 1 aromatic rings. The van der Waals surface area contributed by atoms with Gasteiger partial charge in [-0.05, 0) is 31.9 Å².